The SMILES string of the molecule is Cc1cc2c(cc1C)N(c1cccc(Oc3ccc4c5cccc6c5n(c4c3)c3ncccc3c3cccc4c5ccccc5n6c43)c1)CN2c1ccccc1. The highest BCUT2D eigenvalue weighted by atomic mass is 16.5. The Balaban J connectivity index is 1.04. The molecule has 1 aliphatic rings. The van der Waals surface area contributed by atoms with Crippen molar-refractivity contribution in [3.8, 4) is 11.5 Å². The van der Waals surface area contributed by atoms with Gasteiger partial charge in [0, 0.05) is 62.0 Å². The standard InChI is InChI=1S/C50H35N5O/c1-31-26-46-47(27-32(31)2)53(30-52(46)33-12-4-3-5-13-33)34-14-8-15-35(28-34)56-36-23-24-38-40-19-10-22-44-49(40)55(45(38)29-36)50-42(20-11-25-51-50)41-18-9-17-39-37-16-6-7-21-43(37)54(44)48(39)41/h3-29H,30H2,1-2H3. The quantitative estimate of drug-likeness (QED) is 0.181. The van der Waals surface area contributed by atoms with Crippen LogP contribution >= 0.6 is 0 Å². The van der Waals surface area contributed by atoms with Crippen molar-refractivity contribution < 1.29 is 4.74 Å². The molecule has 56 heavy (non-hydrogen) atoms. The summed E-state index contributed by atoms with van der Waals surface area (Å²) in [5, 5.41) is 7.06. The van der Waals surface area contributed by atoms with E-state index in [2.05, 4.69) is 178 Å². The summed E-state index contributed by atoms with van der Waals surface area (Å²) in [6, 6.07) is 56.5. The second-order valence-corrected chi connectivity index (χ2v) is 15.0. The number of benzene rings is 7. The Morgan fingerprint density at radius 2 is 1.05 bits per heavy atom. The van der Waals surface area contributed by atoms with Gasteiger partial charge in [-0.3, -0.25) is 4.40 Å². The van der Waals surface area contributed by atoms with Crippen molar-refractivity contribution >= 4 is 88.3 Å². The summed E-state index contributed by atoms with van der Waals surface area (Å²) in [6.07, 6.45) is 1.90. The van der Waals surface area contributed by atoms with Crippen LogP contribution in [0.4, 0.5) is 22.7 Å². The van der Waals surface area contributed by atoms with E-state index in [-0.39, 0.29) is 0 Å². The third-order valence-electron chi connectivity index (χ3n) is 11.9. The molecule has 4 aromatic heterocycles. The highest BCUT2D eigenvalue weighted by Gasteiger charge is 2.29. The van der Waals surface area contributed by atoms with Gasteiger partial charge in [0.15, 0.2) is 0 Å². The first kappa shape index (κ1) is 31.1. The molecule has 1 aliphatic heterocycles. The molecule has 0 aliphatic carbocycles. The lowest BCUT2D eigenvalue weighted by Crippen LogP contribution is -2.23. The first-order valence-electron chi connectivity index (χ1n) is 19.2. The van der Waals surface area contributed by atoms with Crippen molar-refractivity contribution in [1.29, 1.82) is 0 Å². The summed E-state index contributed by atoms with van der Waals surface area (Å²) in [7, 11) is 0. The molecule has 0 saturated heterocycles. The van der Waals surface area contributed by atoms with Gasteiger partial charge >= 0.3 is 0 Å². The van der Waals surface area contributed by atoms with Gasteiger partial charge in [-0.25, -0.2) is 4.98 Å². The summed E-state index contributed by atoms with van der Waals surface area (Å²) in [5.41, 5.74) is 13.8. The van der Waals surface area contributed by atoms with Crippen molar-refractivity contribution in [2.75, 3.05) is 16.5 Å². The van der Waals surface area contributed by atoms with Gasteiger partial charge in [-0.15, -0.1) is 0 Å². The van der Waals surface area contributed by atoms with Gasteiger partial charge in [0.2, 0.25) is 0 Å². The molecule has 0 fully saturated rings. The molecule has 0 unspecified atom stereocenters. The fourth-order valence-electron chi connectivity index (χ4n) is 9.18. The average molecular weight is 722 g/mol. The molecule has 266 valence electrons. The molecular weight excluding hydrogens is 687 g/mol. The lowest BCUT2D eigenvalue weighted by Gasteiger charge is -2.22. The van der Waals surface area contributed by atoms with Crippen LogP contribution in [0.5, 0.6) is 11.5 Å². The number of hydrogen-bond acceptors (Lipinski definition) is 4. The summed E-state index contributed by atoms with van der Waals surface area (Å²) >= 11 is 0. The van der Waals surface area contributed by atoms with Gasteiger partial charge in [-0.05, 0) is 97.8 Å². The first-order chi connectivity index (χ1) is 27.6. The maximum Gasteiger partial charge on any atom is 0.145 e. The Hall–Kier alpha value is -7.31. The van der Waals surface area contributed by atoms with Crippen LogP contribution in [0.3, 0.4) is 0 Å². The van der Waals surface area contributed by atoms with Gasteiger partial charge in [0.25, 0.3) is 0 Å². The van der Waals surface area contributed by atoms with Crippen LogP contribution in [0.15, 0.2) is 164 Å². The van der Waals surface area contributed by atoms with Crippen LogP contribution in [0.2, 0.25) is 0 Å². The topological polar surface area (TPSA) is 37.4 Å². The van der Waals surface area contributed by atoms with Crippen LogP contribution < -0.4 is 14.5 Å². The van der Waals surface area contributed by atoms with E-state index < -0.39 is 0 Å². The van der Waals surface area contributed by atoms with Gasteiger partial charge < -0.3 is 18.9 Å². The van der Waals surface area contributed by atoms with E-state index in [0.29, 0.717) is 6.67 Å². The Kier molecular flexibility index (Phi) is 6.44. The smallest absolute Gasteiger partial charge is 0.145 e. The number of para-hydroxylation sites is 4. The molecule has 6 nitrogen and oxygen atoms in total. The van der Waals surface area contributed by atoms with E-state index in [9.17, 15) is 0 Å². The molecule has 0 spiro atoms. The lowest BCUT2D eigenvalue weighted by atomic mass is 10.1. The molecule has 0 bridgehead atoms. The molecule has 0 amide bonds. The highest BCUT2D eigenvalue weighted by molar-refractivity contribution is 6.23. The average Bonchev–Trinajstić information content (AvgIpc) is 3.88. The Morgan fingerprint density at radius 1 is 0.446 bits per heavy atom. The second-order valence-electron chi connectivity index (χ2n) is 15.0. The molecular formula is C50H35N5O. The zero-order valence-corrected chi connectivity index (χ0v) is 30.9. The van der Waals surface area contributed by atoms with E-state index in [1.807, 2.05) is 18.3 Å². The van der Waals surface area contributed by atoms with Gasteiger partial charge in [-0.2, -0.15) is 0 Å². The maximum absolute atomic E-state index is 6.79. The van der Waals surface area contributed by atoms with Crippen molar-refractivity contribution in [1.82, 2.24) is 13.8 Å². The van der Waals surface area contributed by atoms with Crippen LogP contribution in [-0.2, 0) is 0 Å². The number of aryl methyl sites for hydroxylation is 2. The monoisotopic (exact) mass is 721 g/mol. The van der Waals surface area contributed by atoms with Gasteiger partial charge in [0.05, 0.1) is 39.0 Å². The van der Waals surface area contributed by atoms with Crippen LogP contribution in [0.1, 0.15) is 11.1 Å². The third-order valence-corrected chi connectivity index (χ3v) is 11.9. The maximum atomic E-state index is 6.79. The normalized spacial score (nSPS) is 13.0. The molecule has 12 rings (SSSR count). The Labute approximate surface area is 322 Å². The second kappa shape index (κ2) is 11.6. The summed E-state index contributed by atoms with van der Waals surface area (Å²) in [4.78, 5) is 9.88. The predicted molar refractivity (Wildman–Crippen MR) is 232 cm³/mol. The number of pyridine rings is 1. The summed E-state index contributed by atoms with van der Waals surface area (Å²) in [5.74, 6) is 1.55. The molecule has 0 saturated carbocycles. The van der Waals surface area contributed by atoms with E-state index in [4.69, 9.17) is 9.72 Å². The molecule has 0 N–H and O–H groups in total. The van der Waals surface area contributed by atoms with E-state index in [1.54, 1.807) is 0 Å². The fraction of sp³-hybridized carbons (Fsp3) is 0.0600. The number of ether oxygens (including phenoxy) is 1. The molecule has 0 radical (unpaired) electrons. The Morgan fingerprint density at radius 3 is 1.89 bits per heavy atom. The zero-order chi connectivity index (χ0) is 37.1. The van der Waals surface area contributed by atoms with Crippen LogP contribution in [0, 0.1) is 13.8 Å². The summed E-state index contributed by atoms with van der Waals surface area (Å²) < 4.78 is 11.6. The lowest BCUT2D eigenvalue weighted by molar-refractivity contribution is 0.483. The van der Waals surface area contributed by atoms with E-state index in [0.717, 1.165) is 55.5 Å². The number of rotatable bonds is 4. The Bertz CT molecular complexity index is 3420. The molecule has 11 aromatic rings. The molecule has 6 heteroatoms. The molecule has 7 aromatic carbocycles. The van der Waals surface area contributed by atoms with Gasteiger partial charge in [0.1, 0.15) is 23.8 Å². The minimum absolute atomic E-state index is 0.707. The van der Waals surface area contributed by atoms with Crippen molar-refractivity contribution in [2.24, 2.45) is 0 Å². The largest absolute Gasteiger partial charge is 0.457 e. The van der Waals surface area contributed by atoms with E-state index >= 15 is 0 Å². The van der Waals surface area contributed by atoms with Crippen molar-refractivity contribution in [2.45, 2.75) is 13.8 Å². The van der Waals surface area contributed by atoms with Crippen LogP contribution in [-0.4, -0.2) is 20.5 Å². The molecule has 0 atom stereocenters. The zero-order valence-electron chi connectivity index (χ0n) is 30.9. The number of aromatic nitrogens is 3. The fourth-order valence-corrected chi connectivity index (χ4v) is 9.18. The minimum atomic E-state index is 0.707. The molecule has 5 heterocycles. The minimum Gasteiger partial charge on any atom is -0.457 e. The number of hydrogen-bond donors (Lipinski definition) is 0. The predicted octanol–water partition coefficient (Wildman–Crippen LogP) is 13.0. The van der Waals surface area contributed by atoms with Crippen molar-refractivity contribution in [3.05, 3.63) is 175 Å². The highest BCUT2D eigenvalue weighted by Crippen LogP contribution is 2.46. The number of nitrogens with zero attached hydrogens (tertiary/aromatic N) is 5. The van der Waals surface area contributed by atoms with E-state index in [1.165, 1.54) is 55.4 Å². The van der Waals surface area contributed by atoms with Crippen LogP contribution in [0.25, 0.3) is 65.5 Å². The third kappa shape index (κ3) is 4.35. The number of fused-ring (bicyclic) bond motifs is 11. The first-order valence-corrected chi connectivity index (χ1v) is 19.2. The summed E-state index contributed by atoms with van der Waals surface area (Å²) in [6.45, 7) is 5.08. The number of anilines is 4. The van der Waals surface area contributed by atoms with Gasteiger partial charge in [-0.1, -0.05) is 72.8 Å². The van der Waals surface area contributed by atoms with Crippen molar-refractivity contribution in [3.63, 3.8) is 0 Å².